The van der Waals surface area contributed by atoms with Gasteiger partial charge in [0.1, 0.15) is 0 Å². The van der Waals surface area contributed by atoms with Gasteiger partial charge >= 0.3 is 0 Å². The molecule has 1 aromatic rings. The molecule has 0 unspecified atom stereocenters. The molecule has 2 rings (SSSR count). The Morgan fingerprint density at radius 3 is 2.75 bits per heavy atom. The van der Waals surface area contributed by atoms with Gasteiger partial charge in [-0.05, 0) is 6.07 Å². The van der Waals surface area contributed by atoms with Gasteiger partial charge in [-0.3, -0.25) is 0 Å². The lowest BCUT2D eigenvalue weighted by atomic mass is 10.3. The molecule has 1 aromatic carbocycles. The summed E-state index contributed by atoms with van der Waals surface area (Å²) in [6.07, 6.45) is 0. The van der Waals surface area contributed by atoms with Crippen LogP contribution < -0.4 is 4.92 Å². The Hall–Kier alpha value is -0.950. The van der Waals surface area contributed by atoms with E-state index in [1.165, 1.54) is 6.07 Å². The summed E-state index contributed by atoms with van der Waals surface area (Å²) in [5, 5.41) is 25.1. The largest absolute Gasteiger partial charge is 0.597 e. The third-order valence-electron chi connectivity index (χ3n) is 1.46. The van der Waals surface area contributed by atoms with Gasteiger partial charge in [-0.1, -0.05) is 16.7 Å². The van der Waals surface area contributed by atoms with Gasteiger partial charge in [0.15, 0.2) is 5.69 Å². The zero-order valence-corrected chi connectivity index (χ0v) is 6.69. The van der Waals surface area contributed by atoms with Crippen molar-refractivity contribution in [3.8, 4) is 0 Å². The standard InChI is InChI=1S/C6H4N3O2S/c10-9(11)5-3-1-2-4-6(5)12-8-7-9/h1-4H/q-1. The van der Waals surface area contributed by atoms with Crippen molar-refractivity contribution in [2.24, 2.45) is 9.74 Å². The molecule has 0 spiro atoms. The minimum Gasteiger partial charge on any atom is -0.597 e. The first-order valence-electron chi connectivity index (χ1n) is 3.20. The quantitative estimate of drug-likeness (QED) is 0.351. The number of quaternary nitrogens is 1. The fourth-order valence-corrected chi connectivity index (χ4v) is 1.56. The molecule has 62 valence electrons. The average molecular weight is 182 g/mol. The third-order valence-corrected chi connectivity index (χ3v) is 2.16. The minimum absolute atomic E-state index is 0.0949. The molecule has 1 heterocycles. The molecule has 0 bridgehead atoms. The number of benzene rings is 1. The average Bonchev–Trinajstić information content (AvgIpc) is 2.04. The van der Waals surface area contributed by atoms with Crippen molar-refractivity contribution >= 4 is 17.6 Å². The van der Waals surface area contributed by atoms with Crippen LogP contribution in [-0.4, -0.2) is 0 Å². The van der Waals surface area contributed by atoms with Crippen LogP contribution in [0.25, 0.3) is 0 Å². The van der Waals surface area contributed by atoms with Gasteiger partial charge in [-0.2, -0.15) is 0 Å². The maximum Gasteiger partial charge on any atom is 0.176 e. The van der Waals surface area contributed by atoms with E-state index in [2.05, 4.69) is 9.74 Å². The summed E-state index contributed by atoms with van der Waals surface area (Å²) in [5.74, 6) is 0. The van der Waals surface area contributed by atoms with Crippen LogP contribution >= 0.6 is 11.9 Å². The molecule has 5 nitrogen and oxygen atoms in total. The van der Waals surface area contributed by atoms with Crippen molar-refractivity contribution in [1.82, 2.24) is 4.92 Å². The Bertz CT molecular complexity index is 339. The van der Waals surface area contributed by atoms with Gasteiger partial charge in [0.05, 0.1) is 4.90 Å². The second-order valence-corrected chi connectivity index (χ2v) is 3.04. The number of hydrogen-bond acceptors (Lipinski definition) is 5. The first-order chi connectivity index (χ1) is 5.70. The zero-order valence-electron chi connectivity index (χ0n) is 5.88. The van der Waals surface area contributed by atoms with Crippen LogP contribution in [-0.2, 0) is 0 Å². The van der Waals surface area contributed by atoms with Crippen molar-refractivity contribution in [3.05, 3.63) is 34.7 Å². The molecule has 1 aliphatic rings. The molecule has 0 fully saturated rings. The summed E-state index contributed by atoms with van der Waals surface area (Å²) in [5.41, 5.74) is 0.0949. The Labute approximate surface area is 72.6 Å². The minimum atomic E-state index is -2.01. The summed E-state index contributed by atoms with van der Waals surface area (Å²) in [4.78, 5) is -1.44. The number of hydrogen-bond donors (Lipinski definition) is 0. The number of fused-ring (bicyclic) bond motifs is 1. The van der Waals surface area contributed by atoms with Crippen LogP contribution in [0, 0.1) is 10.4 Å². The normalized spacial score (nSPS) is 18.8. The van der Waals surface area contributed by atoms with E-state index in [0.29, 0.717) is 4.90 Å². The Morgan fingerprint density at radius 1 is 1.25 bits per heavy atom. The number of rotatable bonds is 0. The van der Waals surface area contributed by atoms with Crippen molar-refractivity contribution in [1.29, 1.82) is 0 Å². The fourth-order valence-electron chi connectivity index (χ4n) is 0.926. The Morgan fingerprint density at radius 2 is 2.00 bits per heavy atom. The molecule has 6 heteroatoms. The third kappa shape index (κ3) is 1.10. The molecule has 0 aliphatic carbocycles. The van der Waals surface area contributed by atoms with Crippen LogP contribution in [0.5, 0.6) is 0 Å². The van der Waals surface area contributed by atoms with E-state index in [1.54, 1.807) is 18.2 Å². The van der Waals surface area contributed by atoms with Gasteiger partial charge in [0, 0.05) is 23.2 Å². The molecular formula is C6H4N3O2S-. The second kappa shape index (κ2) is 2.53. The maximum absolute atomic E-state index is 11.1. The van der Waals surface area contributed by atoms with Crippen molar-refractivity contribution in [2.45, 2.75) is 4.90 Å². The Kier molecular flexibility index (Phi) is 1.62. The smallest absolute Gasteiger partial charge is 0.176 e. The molecule has 0 aromatic heterocycles. The lowest BCUT2D eigenvalue weighted by Crippen LogP contribution is -2.29. The van der Waals surface area contributed by atoms with Gasteiger partial charge in [-0.15, -0.1) is 0 Å². The molecule has 0 amide bonds. The van der Waals surface area contributed by atoms with Gasteiger partial charge < -0.3 is 10.4 Å². The van der Waals surface area contributed by atoms with Gasteiger partial charge in [0.25, 0.3) is 0 Å². The first kappa shape index (κ1) is 7.69. The van der Waals surface area contributed by atoms with Gasteiger partial charge in [0.2, 0.25) is 0 Å². The van der Waals surface area contributed by atoms with Crippen LogP contribution in [0.3, 0.4) is 0 Å². The van der Waals surface area contributed by atoms with E-state index in [4.69, 9.17) is 0 Å². The van der Waals surface area contributed by atoms with E-state index >= 15 is 0 Å². The monoisotopic (exact) mass is 182 g/mol. The zero-order chi connectivity index (χ0) is 8.60. The predicted molar refractivity (Wildman–Crippen MR) is 45.7 cm³/mol. The van der Waals surface area contributed by atoms with Crippen molar-refractivity contribution < 1.29 is 0 Å². The van der Waals surface area contributed by atoms with E-state index in [0.717, 1.165) is 11.9 Å². The summed E-state index contributed by atoms with van der Waals surface area (Å²) >= 11 is 1.03. The maximum atomic E-state index is 11.1. The molecule has 0 N–H and O–H groups in total. The molecular weight excluding hydrogens is 178 g/mol. The lowest BCUT2D eigenvalue weighted by Gasteiger charge is -2.38. The SMILES string of the molecule is [O-][N+]1([O-])N=NSc2ccccc21. The molecule has 12 heavy (non-hydrogen) atoms. The van der Waals surface area contributed by atoms with Crippen molar-refractivity contribution in [3.63, 3.8) is 0 Å². The summed E-state index contributed by atoms with van der Waals surface area (Å²) in [6.45, 7) is 0. The van der Waals surface area contributed by atoms with E-state index in [-0.39, 0.29) is 5.69 Å². The molecule has 0 saturated carbocycles. The summed E-state index contributed by atoms with van der Waals surface area (Å²) in [7, 11) is 0. The molecule has 0 atom stereocenters. The van der Waals surface area contributed by atoms with Crippen molar-refractivity contribution in [2.75, 3.05) is 0 Å². The first-order valence-corrected chi connectivity index (χ1v) is 3.98. The molecule has 0 radical (unpaired) electrons. The topological polar surface area (TPSA) is 70.8 Å². The van der Waals surface area contributed by atoms with Gasteiger partial charge in [-0.25, -0.2) is 4.92 Å². The van der Waals surface area contributed by atoms with E-state index in [1.807, 2.05) is 0 Å². The van der Waals surface area contributed by atoms with Crippen LogP contribution in [0.4, 0.5) is 5.69 Å². The highest BCUT2D eigenvalue weighted by molar-refractivity contribution is 7.98. The summed E-state index contributed by atoms with van der Waals surface area (Å²) in [6, 6.07) is 6.50. The van der Waals surface area contributed by atoms with Crippen LogP contribution in [0.2, 0.25) is 0 Å². The van der Waals surface area contributed by atoms with E-state index in [9.17, 15) is 10.4 Å². The summed E-state index contributed by atoms with van der Waals surface area (Å²) < 4.78 is 3.36. The van der Waals surface area contributed by atoms with E-state index < -0.39 is 4.92 Å². The van der Waals surface area contributed by atoms with Crippen LogP contribution in [0.1, 0.15) is 0 Å². The predicted octanol–water partition coefficient (Wildman–Crippen LogP) is 2.38. The Balaban J connectivity index is 2.58. The highest BCUT2D eigenvalue weighted by atomic mass is 32.2. The fraction of sp³-hybridized carbons (Fsp3) is 0. The lowest BCUT2D eigenvalue weighted by molar-refractivity contribution is 0.488. The second-order valence-electron chi connectivity index (χ2n) is 2.25. The highest BCUT2D eigenvalue weighted by Crippen LogP contribution is 2.38. The number of nitrogens with zero attached hydrogens (tertiary/aromatic N) is 3. The highest BCUT2D eigenvalue weighted by Gasteiger charge is 2.19. The molecule has 0 saturated heterocycles. The molecule has 1 aliphatic heterocycles. The van der Waals surface area contributed by atoms with Crippen LogP contribution in [0.15, 0.2) is 38.9 Å².